The first-order valence-corrected chi connectivity index (χ1v) is 44.0. The van der Waals surface area contributed by atoms with Crippen molar-refractivity contribution >= 4 is 39.5 Å². The first kappa shape index (κ1) is 96.1. The minimum Gasteiger partial charge on any atom is -0.462 e. The molecule has 98 heavy (non-hydrogen) atoms. The summed E-state index contributed by atoms with van der Waals surface area (Å²) in [6.45, 7) is 9.61. The number of aliphatic hydroxyl groups is 1. The van der Waals surface area contributed by atoms with Crippen LogP contribution in [0.2, 0.25) is 0 Å². The van der Waals surface area contributed by atoms with Crippen molar-refractivity contribution in [3.8, 4) is 0 Å². The van der Waals surface area contributed by atoms with Crippen LogP contribution in [0.5, 0.6) is 0 Å². The van der Waals surface area contributed by atoms with E-state index in [1.807, 2.05) is 0 Å². The number of ether oxygens (including phenoxy) is 4. The zero-order valence-electron chi connectivity index (χ0n) is 64.1. The molecule has 0 rings (SSSR count). The second kappa shape index (κ2) is 70.7. The van der Waals surface area contributed by atoms with Crippen molar-refractivity contribution in [3.63, 3.8) is 0 Å². The van der Waals surface area contributed by atoms with E-state index in [9.17, 15) is 43.2 Å². The van der Waals surface area contributed by atoms with Gasteiger partial charge < -0.3 is 33.8 Å². The minimum absolute atomic E-state index is 0.108. The van der Waals surface area contributed by atoms with Crippen molar-refractivity contribution in [1.29, 1.82) is 0 Å². The Hall–Kier alpha value is -1.94. The summed E-state index contributed by atoms with van der Waals surface area (Å²) in [6, 6.07) is 0. The molecule has 0 aromatic heterocycles. The van der Waals surface area contributed by atoms with Crippen molar-refractivity contribution in [2.75, 3.05) is 39.6 Å². The molecule has 17 nitrogen and oxygen atoms in total. The molecule has 0 bridgehead atoms. The zero-order chi connectivity index (χ0) is 72.1. The Morgan fingerprint density at radius 2 is 0.469 bits per heavy atom. The minimum atomic E-state index is -4.96. The van der Waals surface area contributed by atoms with Gasteiger partial charge in [-0.05, 0) is 37.5 Å². The summed E-state index contributed by atoms with van der Waals surface area (Å²) in [7, 11) is -9.92. The molecule has 5 atom stereocenters. The number of phosphoric acid groups is 2. The number of carbonyl (C=O) groups is 4. The van der Waals surface area contributed by atoms with Crippen LogP contribution in [0.15, 0.2) is 0 Å². The molecule has 0 aliphatic carbocycles. The number of phosphoric ester groups is 2. The fourth-order valence-corrected chi connectivity index (χ4v) is 13.8. The maximum Gasteiger partial charge on any atom is 0.472 e. The van der Waals surface area contributed by atoms with Crippen LogP contribution < -0.4 is 0 Å². The normalized spacial score (nSPS) is 13.9. The van der Waals surface area contributed by atoms with Gasteiger partial charge in [0.1, 0.15) is 19.3 Å². The Bertz CT molecular complexity index is 1890. The third-order valence-corrected chi connectivity index (χ3v) is 20.4. The van der Waals surface area contributed by atoms with Gasteiger partial charge in [-0.3, -0.25) is 37.3 Å². The standard InChI is InChI=1S/C79H154O17P2/c1-7-9-11-13-15-17-19-21-23-24-25-26-28-32-39-46-52-58-64-79(84)95-74(67-89-76(81)61-55-49-43-37-33-29-30-35-41-47-53-59-71(3)4)69-93-97(85,86)91-65-73(80)66-92-98(87,88)94-70-75(68-90-77(82)62-56-50-44-40-34-36-42-48-54-60-72(5)6)96-78(83)63-57-51-45-38-31-27-22-20-18-16-14-12-10-8-2/h71-75,80H,7-70H2,1-6H3,(H,85,86)(H,87,88)/t73-,74-,75-/m1/s1. The summed E-state index contributed by atoms with van der Waals surface area (Å²) in [6.07, 6.45) is 59.6. The lowest BCUT2D eigenvalue weighted by Gasteiger charge is -2.21. The van der Waals surface area contributed by atoms with Crippen molar-refractivity contribution in [2.45, 2.75) is 432 Å². The molecule has 2 unspecified atom stereocenters. The number of aliphatic hydroxyl groups excluding tert-OH is 1. The van der Waals surface area contributed by atoms with Crippen LogP contribution in [0.1, 0.15) is 414 Å². The van der Waals surface area contributed by atoms with E-state index in [1.165, 1.54) is 231 Å². The van der Waals surface area contributed by atoms with E-state index in [4.69, 9.17) is 37.0 Å². The van der Waals surface area contributed by atoms with Crippen LogP contribution in [0.25, 0.3) is 0 Å². The van der Waals surface area contributed by atoms with Crippen molar-refractivity contribution in [2.24, 2.45) is 11.8 Å². The lowest BCUT2D eigenvalue weighted by atomic mass is 10.0. The summed E-state index contributed by atoms with van der Waals surface area (Å²) >= 11 is 0. The van der Waals surface area contributed by atoms with Crippen LogP contribution in [-0.4, -0.2) is 96.7 Å². The van der Waals surface area contributed by atoms with Crippen LogP contribution in [0, 0.1) is 11.8 Å². The molecule has 582 valence electrons. The molecule has 0 amide bonds. The van der Waals surface area contributed by atoms with Crippen molar-refractivity contribution < 1.29 is 80.2 Å². The van der Waals surface area contributed by atoms with Gasteiger partial charge in [0, 0.05) is 25.7 Å². The quantitative estimate of drug-likeness (QED) is 0.0222. The van der Waals surface area contributed by atoms with Gasteiger partial charge in [-0.15, -0.1) is 0 Å². The Balaban J connectivity index is 5.26. The lowest BCUT2D eigenvalue weighted by molar-refractivity contribution is -0.161. The second-order valence-corrected chi connectivity index (χ2v) is 32.3. The van der Waals surface area contributed by atoms with Gasteiger partial charge >= 0.3 is 39.5 Å². The predicted molar refractivity (Wildman–Crippen MR) is 400 cm³/mol. The number of hydrogen-bond donors (Lipinski definition) is 3. The molecule has 0 aliphatic rings. The van der Waals surface area contributed by atoms with E-state index in [0.717, 1.165) is 102 Å². The topological polar surface area (TPSA) is 237 Å². The average Bonchev–Trinajstić information content (AvgIpc) is 1.16. The summed E-state index contributed by atoms with van der Waals surface area (Å²) < 4.78 is 68.7. The molecule has 0 saturated heterocycles. The first-order chi connectivity index (χ1) is 47.4. The monoisotopic (exact) mass is 1440 g/mol. The number of rotatable bonds is 78. The van der Waals surface area contributed by atoms with E-state index in [1.54, 1.807) is 0 Å². The molecule has 0 saturated carbocycles. The van der Waals surface area contributed by atoms with Crippen molar-refractivity contribution in [1.82, 2.24) is 0 Å². The molecular weight excluding hydrogens is 1280 g/mol. The molecule has 3 N–H and O–H groups in total. The van der Waals surface area contributed by atoms with Crippen LogP contribution >= 0.6 is 15.6 Å². The molecule has 0 aromatic rings. The Labute approximate surface area is 600 Å². The van der Waals surface area contributed by atoms with E-state index in [-0.39, 0.29) is 25.7 Å². The Morgan fingerprint density at radius 3 is 0.694 bits per heavy atom. The molecule has 0 heterocycles. The highest BCUT2D eigenvalue weighted by molar-refractivity contribution is 7.47. The van der Waals surface area contributed by atoms with Gasteiger partial charge in [0.05, 0.1) is 26.4 Å². The van der Waals surface area contributed by atoms with Gasteiger partial charge in [0.15, 0.2) is 12.2 Å². The highest BCUT2D eigenvalue weighted by Gasteiger charge is 2.30. The van der Waals surface area contributed by atoms with Crippen molar-refractivity contribution in [3.05, 3.63) is 0 Å². The van der Waals surface area contributed by atoms with Crippen LogP contribution in [0.3, 0.4) is 0 Å². The SMILES string of the molecule is CCCCCCCCCCCCCCCCCCCCC(=O)O[C@H](COC(=O)CCCCCCCCCCCCCC(C)C)COP(=O)(O)OC[C@@H](O)COP(=O)(O)OC[C@@H](COC(=O)CCCCCCCCCCCC(C)C)OC(=O)CCCCCCCCCCCCCCCC. The molecular formula is C79H154O17P2. The number of hydrogen-bond acceptors (Lipinski definition) is 15. The lowest BCUT2D eigenvalue weighted by Crippen LogP contribution is -2.30. The first-order valence-electron chi connectivity index (χ1n) is 41.0. The molecule has 0 aliphatic heterocycles. The highest BCUT2D eigenvalue weighted by Crippen LogP contribution is 2.45. The van der Waals surface area contributed by atoms with Crippen LogP contribution in [0.4, 0.5) is 0 Å². The van der Waals surface area contributed by atoms with Gasteiger partial charge in [-0.2, -0.15) is 0 Å². The smallest absolute Gasteiger partial charge is 0.462 e. The molecule has 0 fully saturated rings. The Kier molecular flexibility index (Phi) is 69.3. The van der Waals surface area contributed by atoms with E-state index in [0.29, 0.717) is 25.7 Å². The number of esters is 4. The third-order valence-electron chi connectivity index (χ3n) is 18.5. The van der Waals surface area contributed by atoms with Gasteiger partial charge in [-0.1, -0.05) is 363 Å². The summed E-state index contributed by atoms with van der Waals surface area (Å²) in [5, 5.41) is 10.6. The van der Waals surface area contributed by atoms with Gasteiger partial charge in [0.2, 0.25) is 0 Å². The largest absolute Gasteiger partial charge is 0.472 e. The third kappa shape index (κ3) is 72.4. The van der Waals surface area contributed by atoms with Crippen LogP contribution in [-0.2, 0) is 65.4 Å². The fraction of sp³-hybridized carbons (Fsp3) is 0.949. The summed E-state index contributed by atoms with van der Waals surface area (Å²) in [5.74, 6) is -0.594. The Morgan fingerprint density at radius 1 is 0.276 bits per heavy atom. The van der Waals surface area contributed by atoms with Gasteiger partial charge in [-0.25, -0.2) is 9.13 Å². The van der Waals surface area contributed by atoms with E-state index in [2.05, 4.69) is 41.5 Å². The number of carbonyl (C=O) groups excluding carboxylic acids is 4. The summed E-state index contributed by atoms with van der Waals surface area (Å²) in [4.78, 5) is 73.0. The summed E-state index contributed by atoms with van der Waals surface area (Å²) in [5.41, 5.74) is 0. The molecule has 0 aromatic carbocycles. The maximum atomic E-state index is 13.1. The van der Waals surface area contributed by atoms with Gasteiger partial charge in [0.25, 0.3) is 0 Å². The second-order valence-electron chi connectivity index (χ2n) is 29.4. The molecule has 0 spiro atoms. The maximum absolute atomic E-state index is 13.1. The van der Waals surface area contributed by atoms with E-state index >= 15 is 0 Å². The predicted octanol–water partition coefficient (Wildman–Crippen LogP) is 23.5. The fourth-order valence-electron chi connectivity index (χ4n) is 12.2. The molecule has 19 heteroatoms. The highest BCUT2D eigenvalue weighted by atomic mass is 31.2. The number of unbranched alkanes of at least 4 members (excludes halogenated alkanes) is 48. The zero-order valence-corrected chi connectivity index (χ0v) is 65.9. The molecule has 0 radical (unpaired) electrons. The average molecular weight is 1440 g/mol. The van der Waals surface area contributed by atoms with E-state index < -0.39 is 97.5 Å².